The summed E-state index contributed by atoms with van der Waals surface area (Å²) in [6, 6.07) is 8.86. The molecule has 0 aliphatic rings. The highest BCUT2D eigenvalue weighted by molar-refractivity contribution is 7.86. The molecule has 0 saturated heterocycles. The highest BCUT2D eigenvalue weighted by atomic mass is 32.2. The molecule has 32 heavy (non-hydrogen) atoms. The van der Waals surface area contributed by atoms with E-state index in [1.54, 1.807) is 12.1 Å². The molecule has 0 fully saturated rings. The normalized spacial score (nSPS) is 12.5. The number of aryl methyl sites for hydroxylation is 2. The highest BCUT2D eigenvalue weighted by Gasteiger charge is 2.25. The van der Waals surface area contributed by atoms with Gasteiger partial charge >= 0.3 is 10.3 Å². The number of anilines is 2. The molecule has 0 aliphatic heterocycles. The number of hydrogen-bond donors (Lipinski definition) is 4. The quantitative estimate of drug-likeness (QED) is 0.167. The minimum atomic E-state index is -4.30. The molecule has 0 amide bonds. The lowest BCUT2D eigenvalue weighted by Gasteiger charge is -2.00. The predicted molar refractivity (Wildman–Crippen MR) is 122 cm³/mol. The maximum Gasteiger partial charge on any atom is 0.375 e. The van der Waals surface area contributed by atoms with Gasteiger partial charge in [-0.15, -0.1) is 0 Å². The van der Waals surface area contributed by atoms with Crippen molar-refractivity contribution in [2.45, 2.75) is 36.7 Å². The van der Waals surface area contributed by atoms with Crippen molar-refractivity contribution in [3.63, 3.8) is 0 Å². The average molecular weight is 517 g/mol. The van der Waals surface area contributed by atoms with Crippen LogP contribution in [0.15, 0.2) is 46.2 Å². The molecule has 2 aromatic carbocycles. The number of nitrogens with one attached hydrogen (secondary N) is 2. The van der Waals surface area contributed by atoms with Gasteiger partial charge in [-0.3, -0.25) is 9.11 Å². The zero-order valence-corrected chi connectivity index (χ0v) is 20.2. The van der Waals surface area contributed by atoms with E-state index in [0.29, 0.717) is 32.8 Å². The molecule has 4 N–H and O–H groups in total. The standard InChI is InChI=1S/C18H18N4O6S4/c1-3-21-13-7-5-11(31(23,24)25)9-15(13)29-17(21)19-20-18-22(4-2)14-8-6-12(32(26,27)28)10-16(14)30-18/h5-10H,3-4H2,1-2H3,(H2,23,24,25,26,27,28)/p+2. The number of fused-ring (bicyclic) bond motifs is 2. The van der Waals surface area contributed by atoms with E-state index >= 15 is 0 Å². The molecule has 0 saturated carbocycles. The molecular weight excluding hydrogens is 496 g/mol. The molecule has 2 heterocycles. The van der Waals surface area contributed by atoms with E-state index in [0.717, 1.165) is 11.0 Å². The van der Waals surface area contributed by atoms with E-state index in [2.05, 4.69) is 10.9 Å². The Morgan fingerprint density at radius 2 is 1.12 bits per heavy atom. The Morgan fingerprint density at radius 1 is 0.750 bits per heavy atom. The van der Waals surface area contributed by atoms with Crippen LogP contribution in [0.4, 0.5) is 10.3 Å². The first kappa shape index (κ1) is 22.8. The molecule has 0 bridgehead atoms. The van der Waals surface area contributed by atoms with Crippen LogP contribution in [0.25, 0.3) is 20.4 Å². The van der Waals surface area contributed by atoms with E-state index in [-0.39, 0.29) is 9.79 Å². The molecule has 0 radical (unpaired) electrons. The fourth-order valence-corrected chi connectivity index (χ4v) is 6.77. The summed E-state index contributed by atoms with van der Waals surface area (Å²) in [5.41, 5.74) is 7.92. The average Bonchev–Trinajstić information content (AvgIpc) is 3.26. The van der Waals surface area contributed by atoms with Crippen LogP contribution in [0.1, 0.15) is 13.8 Å². The SMILES string of the molecule is CC[n+]1c(NNc2sc3cc(S(=O)(=O)O)ccc3[n+]2CC)sc2cc(S(=O)(=O)O)ccc21. The molecule has 0 aliphatic carbocycles. The topological polar surface area (TPSA) is 141 Å². The third kappa shape index (κ3) is 4.16. The molecule has 4 aromatic rings. The van der Waals surface area contributed by atoms with Gasteiger partial charge in [0.1, 0.15) is 11.0 Å². The largest absolute Gasteiger partial charge is 0.375 e. The van der Waals surface area contributed by atoms with E-state index in [9.17, 15) is 25.9 Å². The Kier molecular flexibility index (Phi) is 5.85. The molecule has 14 heteroatoms. The van der Waals surface area contributed by atoms with Gasteiger partial charge in [-0.2, -0.15) is 16.8 Å². The van der Waals surface area contributed by atoms with Gasteiger partial charge in [-0.25, -0.2) is 9.13 Å². The van der Waals surface area contributed by atoms with Crippen LogP contribution in [0.5, 0.6) is 0 Å². The third-order valence-corrected chi connectivity index (χ3v) is 8.68. The second-order valence-corrected chi connectivity index (χ2v) is 11.7. The summed E-state index contributed by atoms with van der Waals surface area (Å²) in [6.07, 6.45) is 0. The second kappa shape index (κ2) is 8.20. The molecular formula is C18H20N4O6S4+2. The number of rotatable bonds is 7. The van der Waals surface area contributed by atoms with Crippen molar-refractivity contribution in [1.29, 1.82) is 0 Å². The van der Waals surface area contributed by atoms with Gasteiger partial charge in [0.05, 0.1) is 32.3 Å². The third-order valence-electron chi connectivity index (χ3n) is 4.85. The summed E-state index contributed by atoms with van der Waals surface area (Å²) in [5, 5.41) is 1.43. The molecule has 170 valence electrons. The van der Waals surface area contributed by atoms with Crippen LogP contribution in [-0.2, 0) is 33.3 Å². The monoisotopic (exact) mass is 516 g/mol. The lowest BCUT2D eigenvalue weighted by atomic mass is 10.3. The van der Waals surface area contributed by atoms with Crippen LogP contribution in [-0.4, -0.2) is 25.9 Å². The van der Waals surface area contributed by atoms with Gasteiger partial charge in [0.25, 0.3) is 20.2 Å². The first-order valence-corrected chi connectivity index (χ1v) is 13.9. The molecule has 0 atom stereocenters. The van der Waals surface area contributed by atoms with E-state index < -0.39 is 20.2 Å². The van der Waals surface area contributed by atoms with Crippen LogP contribution in [0.2, 0.25) is 0 Å². The van der Waals surface area contributed by atoms with Gasteiger partial charge in [0, 0.05) is 0 Å². The van der Waals surface area contributed by atoms with Crippen LogP contribution in [0.3, 0.4) is 0 Å². The minimum Gasteiger partial charge on any atom is -0.282 e. The molecule has 0 spiro atoms. The minimum absolute atomic E-state index is 0.169. The zero-order chi connectivity index (χ0) is 23.3. The fourth-order valence-electron chi connectivity index (χ4n) is 3.38. The van der Waals surface area contributed by atoms with Gasteiger partial charge in [-0.1, -0.05) is 10.9 Å². The number of hydrogen-bond acceptors (Lipinski definition) is 8. The van der Waals surface area contributed by atoms with Crippen molar-refractivity contribution in [3.8, 4) is 0 Å². The predicted octanol–water partition coefficient (Wildman–Crippen LogP) is 2.66. The number of hydrazine groups is 1. The molecule has 10 nitrogen and oxygen atoms in total. The van der Waals surface area contributed by atoms with E-state index in [1.807, 2.05) is 23.0 Å². The summed E-state index contributed by atoms with van der Waals surface area (Å²) in [6.45, 7) is 5.15. The summed E-state index contributed by atoms with van der Waals surface area (Å²) in [4.78, 5) is -0.339. The molecule has 4 rings (SSSR count). The summed E-state index contributed by atoms with van der Waals surface area (Å²) in [7, 11) is -8.60. The Bertz CT molecular complexity index is 1440. The molecule has 2 aromatic heterocycles. The summed E-state index contributed by atoms with van der Waals surface area (Å²) in [5.74, 6) is 0. The van der Waals surface area contributed by atoms with Gasteiger partial charge in [0.2, 0.25) is 0 Å². The smallest absolute Gasteiger partial charge is 0.282 e. The van der Waals surface area contributed by atoms with Crippen molar-refractivity contribution in [3.05, 3.63) is 36.4 Å². The Hall–Kier alpha value is -2.36. The maximum absolute atomic E-state index is 11.5. The Morgan fingerprint density at radius 3 is 1.44 bits per heavy atom. The van der Waals surface area contributed by atoms with Crippen molar-refractivity contribution in [2.24, 2.45) is 0 Å². The lowest BCUT2D eigenvalue weighted by Crippen LogP contribution is -2.38. The van der Waals surface area contributed by atoms with Crippen molar-refractivity contribution in [2.75, 3.05) is 10.9 Å². The van der Waals surface area contributed by atoms with Crippen LogP contribution >= 0.6 is 22.7 Å². The van der Waals surface area contributed by atoms with Crippen molar-refractivity contribution >= 4 is 73.6 Å². The highest BCUT2D eigenvalue weighted by Crippen LogP contribution is 2.29. The Labute approximate surface area is 192 Å². The summed E-state index contributed by atoms with van der Waals surface area (Å²) < 4.78 is 69.8. The number of thiazole rings is 2. The zero-order valence-electron chi connectivity index (χ0n) is 16.9. The van der Waals surface area contributed by atoms with Crippen LogP contribution in [0, 0.1) is 0 Å². The number of nitrogens with zero attached hydrogens (tertiary/aromatic N) is 2. The lowest BCUT2D eigenvalue weighted by molar-refractivity contribution is -0.652. The van der Waals surface area contributed by atoms with Gasteiger partial charge < -0.3 is 0 Å². The maximum atomic E-state index is 11.5. The first-order chi connectivity index (χ1) is 15.0. The molecule has 0 unspecified atom stereocenters. The van der Waals surface area contributed by atoms with Crippen LogP contribution < -0.4 is 20.0 Å². The van der Waals surface area contributed by atoms with E-state index in [4.69, 9.17) is 0 Å². The van der Waals surface area contributed by atoms with E-state index in [1.165, 1.54) is 46.9 Å². The van der Waals surface area contributed by atoms with Gasteiger partial charge in [-0.05, 0) is 72.9 Å². The number of aromatic nitrogens is 2. The van der Waals surface area contributed by atoms with Crippen molar-refractivity contribution < 1.29 is 35.1 Å². The number of benzene rings is 2. The van der Waals surface area contributed by atoms with Gasteiger partial charge in [0.15, 0.2) is 0 Å². The second-order valence-electron chi connectivity index (χ2n) is 6.76. The summed E-state index contributed by atoms with van der Waals surface area (Å²) >= 11 is 2.64. The fraction of sp³-hybridized carbons (Fsp3) is 0.222. The Balaban J connectivity index is 1.71. The first-order valence-electron chi connectivity index (χ1n) is 9.42. The van der Waals surface area contributed by atoms with Crippen molar-refractivity contribution in [1.82, 2.24) is 0 Å².